The van der Waals surface area contributed by atoms with Crippen molar-refractivity contribution in [3.63, 3.8) is 0 Å². The highest BCUT2D eigenvalue weighted by Crippen LogP contribution is 2.28. The Morgan fingerprint density at radius 2 is 1.62 bits per heavy atom. The van der Waals surface area contributed by atoms with E-state index in [0.717, 1.165) is 49.8 Å². The summed E-state index contributed by atoms with van der Waals surface area (Å²) in [7, 11) is 0. The van der Waals surface area contributed by atoms with Crippen LogP contribution in [0.4, 0.5) is 11.4 Å². The Bertz CT molecular complexity index is 1060. The van der Waals surface area contributed by atoms with Crippen molar-refractivity contribution >= 4 is 29.4 Å². The van der Waals surface area contributed by atoms with Crippen LogP contribution in [0.5, 0.6) is 5.75 Å². The van der Waals surface area contributed by atoms with Gasteiger partial charge in [-0.15, -0.1) is 0 Å². The molecule has 39 heavy (non-hydrogen) atoms. The van der Waals surface area contributed by atoms with Crippen LogP contribution in [0.1, 0.15) is 82.3 Å². The molecule has 7 heteroatoms. The first-order valence-electron chi connectivity index (χ1n) is 14.4. The van der Waals surface area contributed by atoms with Gasteiger partial charge in [-0.2, -0.15) is 0 Å². The first-order chi connectivity index (χ1) is 18.9. The zero-order valence-corrected chi connectivity index (χ0v) is 23.2. The van der Waals surface area contributed by atoms with E-state index in [1.54, 1.807) is 42.5 Å². The van der Waals surface area contributed by atoms with E-state index in [4.69, 9.17) is 25.7 Å². The van der Waals surface area contributed by atoms with Gasteiger partial charge >= 0.3 is 11.9 Å². The van der Waals surface area contributed by atoms with Gasteiger partial charge in [-0.25, -0.2) is 4.79 Å². The molecular weight excluding hydrogens is 492 g/mol. The zero-order chi connectivity index (χ0) is 27.9. The van der Waals surface area contributed by atoms with Crippen molar-refractivity contribution in [1.29, 1.82) is 0 Å². The van der Waals surface area contributed by atoms with Gasteiger partial charge in [0, 0.05) is 30.5 Å². The van der Waals surface area contributed by atoms with Crippen LogP contribution in [0.2, 0.25) is 0 Å². The number of benzene rings is 2. The normalized spacial score (nSPS) is 17.3. The maximum atomic E-state index is 12.6. The molecule has 0 amide bonds. The lowest BCUT2D eigenvalue weighted by molar-refractivity contribution is -0.141. The summed E-state index contributed by atoms with van der Waals surface area (Å²) in [5.41, 5.74) is 14.5. The lowest BCUT2D eigenvalue weighted by atomic mass is 9.87. The van der Waals surface area contributed by atoms with Crippen molar-refractivity contribution in [3.8, 4) is 5.75 Å². The summed E-state index contributed by atoms with van der Waals surface area (Å²) < 4.78 is 16.9. The molecule has 0 heterocycles. The second kappa shape index (κ2) is 16.6. The maximum absolute atomic E-state index is 12.6. The number of nitrogens with two attached hydrogens (primary N) is 2. The van der Waals surface area contributed by atoms with E-state index in [2.05, 4.69) is 6.92 Å². The number of nitrogen functional groups attached to an aromatic ring is 2. The molecule has 0 aliphatic heterocycles. The second-order valence-electron chi connectivity index (χ2n) is 10.3. The number of anilines is 2. The van der Waals surface area contributed by atoms with Gasteiger partial charge in [0.2, 0.25) is 0 Å². The van der Waals surface area contributed by atoms with Crippen molar-refractivity contribution in [1.82, 2.24) is 0 Å². The Balaban J connectivity index is 1.31. The van der Waals surface area contributed by atoms with Crippen LogP contribution in [0.3, 0.4) is 0 Å². The second-order valence-corrected chi connectivity index (χ2v) is 10.3. The number of carbonyl (C=O) groups excluding carboxylic acids is 2. The summed E-state index contributed by atoms with van der Waals surface area (Å²) in [4.78, 5) is 24.7. The Hall–Kier alpha value is -3.32. The highest BCUT2D eigenvalue weighted by Gasteiger charge is 2.28. The third kappa shape index (κ3) is 11.1. The molecule has 0 bridgehead atoms. The Morgan fingerprint density at radius 1 is 0.897 bits per heavy atom. The number of unbranched alkanes of at least 4 members (excludes halogenated alkanes) is 5. The molecule has 4 N–H and O–H groups in total. The molecule has 1 saturated carbocycles. The summed E-state index contributed by atoms with van der Waals surface area (Å²) in [5, 5.41) is 0. The van der Waals surface area contributed by atoms with Crippen LogP contribution in [0.25, 0.3) is 6.08 Å². The molecule has 212 valence electrons. The summed E-state index contributed by atoms with van der Waals surface area (Å²) in [5.74, 6) is -0.205. The van der Waals surface area contributed by atoms with E-state index in [-0.39, 0.29) is 24.6 Å². The first-order valence-corrected chi connectivity index (χ1v) is 14.4. The lowest BCUT2D eigenvalue weighted by Crippen LogP contribution is -2.29. The van der Waals surface area contributed by atoms with Crippen molar-refractivity contribution in [2.24, 2.45) is 5.92 Å². The Kier molecular flexibility index (Phi) is 12.9. The van der Waals surface area contributed by atoms with E-state index < -0.39 is 5.97 Å². The third-order valence-corrected chi connectivity index (χ3v) is 7.16. The topological polar surface area (TPSA) is 114 Å². The highest BCUT2D eigenvalue weighted by atomic mass is 16.5. The van der Waals surface area contributed by atoms with E-state index >= 15 is 0 Å². The predicted octanol–water partition coefficient (Wildman–Crippen LogP) is 6.49. The fraction of sp³-hybridized carbons (Fsp3) is 0.500. The molecule has 0 radical (unpaired) electrons. The number of ether oxygens (including phenoxy) is 3. The molecule has 2 aromatic rings. The van der Waals surface area contributed by atoms with Crippen LogP contribution in [0, 0.1) is 5.92 Å². The molecule has 0 spiro atoms. The monoisotopic (exact) mass is 536 g/mol. The van der Waals surface area contributed by atoms with Crippen molar-refractivity contribution in [3.05, 3.63) is 59.7 Å². The molecule has 3 rings (SSSR count). The standard InChI is InChI=1S/C32H44N2O5/c1-2-3-4-5-6-7-21-37-28-17-12-26(13-18-28)32(36)39-29-15-8-24(9-16-29)10-19-31(35)38-22-20-25-11-14-27(33)23-30(25)34/h8-11,14-16,19,23,26,28H,2-7,12-13,17-18,20-22,33-34H2,1H3. The first kappa shape index (κ1) is 30.2. The maximum Gasteiger partial charge on any atom is 0.330 e. The number of carbonyl (C=O) groups is 2. The minimum absolute atomic E-state index is 0.0863. The summed E-state index contributed by atoms with van der Waals surface area (Å²) in [6, 6.07) is 12.4. The number of hydrogen-bond acceptors (Lipinski definition) is 7. The van der Waals surface area contributed by atoms with Gasteiger partial charge in [0.05, 0.1) is 18.6 Å². The van der Waals surface area contributed by atoms with Gasteiger partial charge in [-0.05, 0) is 73.6 Å². The Morgan fingerprint density at radius 3 is 2.33 bits per heavy atom. The molecular formula is C32H44N2O5. The van der Waals surface area contributed by atoms with E-state index in [1.807, 2.05) is 6.07 Å². The van der Waals surface area contributed by atoms with Crippen molar-refractivity contribution in [2.45, 2.75) is 83.7 Å². The van der Waals surface area contributed by atoms with Crippen LogP contribution >= 0.6 is 0 Å². The summed E-state index contributed by atoms with van der Waals surface area (Å²) >= 11 is 0. The molecule has 0 saturated heterocycles. The molecule has 0 atom stereocenters. The van der Waals surface area contributed by atoms with Gasteiger partial charge in [0.25, 0.3) is 0 Å². The number of esters is 2. The summed E-state index contributed by atoms with van der Waals surface area (Å²) in [6.07, 6.45) is 14.8. The van der Waals surface area contributed by atoms with Gasteiger partial charge in [0.1, 0.15) is 5.75 Å². The molecule has 1 fully saturated rings. The summed E-state index contributed by atoms with van der Waals surface area (Å²) in [6.45, 7) is 3.28. The van der Waals surface area contributed by atoms with Crippen LogP contribution < -0.4 is 16.2 Å². The lowest BCUT2D eigenvalue weighted by Gasteiger charge is -2.27. The third-order valence-electron chi connectivity index (χ3n) is 7.16. The fourth-order valence-electron chi connectivity index (χ4n) is 4.76. The van der Waals surface area contributed by atoms with Crippen molar-refractivity contribution < 1.29 is 23.8 Å². The molecule has 0 unspecified atom stereocenters. The van der Waals surface area contributed by atoms with Crippen LogP contribution in [0.15, 0.2) is 48.5 Å². The molecule has 1 aliphatic rings. The van der Waals surface area contributed by atoms with Gasteiger partial charge in [-0.3, -0.25) is 4.79 Å². The largest absolute Gasteiger partial charge is 0.462 e. The average Bonchev–Trinajstić information content (AvgIpc) is 2.93. The zero-order valence-electron chi connectivity index (χ0n) is 23.2. The van der Waals surface area contributed by atoms with Gasteiger partial charge in [-0.1, -0.05) is 57.2 Å². The minimum atomic E-state index is -0.439. The van der Waals surface area contributed by atoms with E-state index in [0.29, 0.717) is 23.5 Å². The van der Waals surface area contributed by atoms with Gasteiger partial charge < -0.3 is 25.7 Å². The number of rotatable bonds is 15. The molecule has 1 aliphatic carbocycles. The molecule has 0 aromatic heterocycles. The average molecular weight is 537 g/mol. The van der Waals surface area contributed by atoms with Gasteiger partial charge in [0.15, 0.2) is 0 Å². The van der Waals surface area contributed by atoms with E-state index in [1.165, 1.54) is 38.2 Å². The van der Waals surface area contributed by atoms with Crippen LogP contribution in [-0.2, 0) is 25.5 Å². The Labute approximate surface area is 232 Å². The molecule has 7 nitrogen and oxygen atoms in total. The smallest absolute Gasteiger partial charge is 0.330 e. The fourth-order valence-corrected chi connectivity index (χ4v) is 4.76. The van der Waals surface area contributed by atoms with Crippen molar-refractivity contribution in [2.75, 3.05) is 24.7 Å². The van der Waals surface area contributed by atoms with Crippen LogP contribution in [-0.4, -0.2) is 31.3 Å². The van der Waals surface area contributed by atoms with E-state index in [9.17, 15) is 9.59 Å². The number of hydrogen-bond donors (Lipinski definition) is 2. The SMILES string of the molecule is CCCCCCCCOC1CCC(C(=O)Oc2ccc(C=CC(=O)OCCc3ccc(N)cc3N)cc2)CC1. The minimum Gasteiger partial charge on any atom is -0.462 e. The molecule has 2 aromatic carbocycles. The predicted molar refractivity (Wildman–Crippen MR) is 156 cm³/mol. The highest BCUT2D eigenvalue weighted by molar-refractivity contribution is 5.87. The quantitative estimate of drug-likeness (QED) is 0.0879.